The van der Waals surface area contributed by atoms with Crippen molar-refractivity contribution in [1.82, 2.24) is 19.6 Å². The van der Waals surface area contributed by atoms with Crippen LogP contribution in [0.15, 0.2) is 36.5 Å². The van der Waals surface area contributed by atoms with Crippen molar-refractivity contribution in [3.63, 3.8) is 0 Å². The summed E-state index contributed by atoms with van der Waals surface area (Å²) in [5.74, 6) is -0.234. The van der Waals surface area contributed by atoms with Crippen molar-refractivity contribution in [2.45, 2.75) is 38.8 Å². The highest BCUT2D eigenvalue weighted by Gasteiger charge is 2.33. The molecular formula is C23H30N6O3. The van der Waals surface area contributed by atoms with Crippen LogP contribution in [0.3, 0.4) is 0 Å². The minimum absolute atomic E-state index is 0.106. The van der Waals surface area contributed by atoms with E-state index in [1.54, 1.807) is 26.7 Å². The van der Waals surface area contributed by atoms with E-state index in [0.717, 1.165) is 12.1 Å². The molecular weight excluding hydrogens is 408 g/mol. The Hall–Kier alpha value is -3.20. The van der Waals surface area contributed by atoms with Gasteiger partial charge in [0.2, 0.25) is 11.8 Å². The van der Waals surface area contributed by atoms with Crippen molar-refractivity contribution in [2.24, 2.45) is 0 Å². The fourth-order valence-electron chi connectivity index (χ4n) is 4.14. The zero-order valence-corrected chi connectivity index (χ0v) is 18.8. The van der Waals surface area contributed by atoms with E-state index in [1.165, 1.54) is 0 Å². The van der Waals surface area contributed by atoms with Crippen LogP contribution in [0.5, 0.6) is 0 Å². The number of nitrogens with one attached hydrogen (secondary N) is 1. The second-order valence-electron chi connectivity index (χ2n) is 8.71. The molecule has 1 unspecified atom stereocenters. The number of benzene rings is 1. The minimum atomic E-state index is -0.475. The zero-order valence-electron chi connectivity index (χ0n) is 18.8. The number of carbonyl (C=O) groups is 3. The summed E-state index contributed by atoms with van der Waals surface area (Å²) in [5.41, 5.74) is 1.82. The molecule has 2 saturated heterocycles. The van der Waals surface area contributed by atoms with Gasteiger partial charge in [0.05, 0.1) is 0 Å². The molecule has 4 rings (SSSR count). The van der Waals surface area contributed by atoms with Gasteiger partial charge >= 0.3 is 0 Å². The van der Waals surface area contributed by atoms with Crippen LogP contribution in [0.25, 0.3) is 0 Å². The van der Waals surface area contributed by atoms with Gasteiger partial charge < -0.3 is 15.1 Å². The van der Waals surface area contributed by atoms with E-state index in [4.69, 9.17) is 0 Å². The highest BCUT2D eigenvalue weighted by atomic mass is 16.2. The largest absolute Gasteiger partial charge is 0.334 e. The Labute approximate surface area is 188 Å². The van der Waals surface area contributed by atoms with E-state index in [1.807, 2.05) is 50.1 Å². The second-order valence-corrected chi connectivity index (χ2v) is 8.71. The molecule has 0 aliphatic carbocycles. The van der Waals surface area contributed by atoms with Gasteiger partial charge in [0.15, 0.2) is 0 Å². The Morgan fingerprint density at radius 1 is 1.16 bits per heavy atom. The lowest BCUT2D eigenvalue weighted by atomic mass is 10.1. The first-order valence-electron chi connectivity index (χ1n) is 11.1. The molecule has 1 atom stereocenters. The summed E-state index contributed by atoms with van der Waals surface area (Å²) in [6.07, 6.45) is 3.21. The molecule has 3 amide bonds. The standard InChI is InChI=1S/C23H30N6O3/c1-16(2)29-11-9-19(25-29)23(32)27-13-12-26(3)20(15-27)22(31)24-17-6-4-7-18(14-17)28-10-5-8-21(28)30/h4,6-7,9,11,14,16,20H,5,8,10,12-13,15H2,1-3H3,(H,24,31). The predicted molar refractivity (Wildman–Crippen MR) is 122 cm³/mol. The topological polar surface area (TPSA) is 90.8 Å². The van der Waals surface area contributed by atoms with E-state index >= 15 is 0 Å². The van der Waals surface area contributed by atoms with Gasteiger partial charge in [-0.1, -0.05) is 6.07 Å². The highest BCUT2D eigenvalue weighted by Crippen LogP contribution is 2.24. The number of piperazine rings is 1. The van der Waals surface area contributed by atoms with Gasteiger partial charge in [0.1, 0.15) is 11.7 Å². The summed E-state index contributed by atoms with van der Waals surface area (Å²) in [6.45, 7) is 6.14. The first-order valence-corrected chi connectivity index (χ1v) is 11.1. The molecule has 2 aliphatic heterocycles. The monoisotopic (exact) mass is 438 g/mol. The van der Waals surface area contributed by atoms with E-state index in [9.17, 15) is 14.4 Å². The number of likely N-dealkylation sites (N-methyl/N-ethyl adjacent to an activating group) is 1. The smallest absolute Gasteiger partial charge is 0.274 e. The second kappa shape index (κ2) is 9.12. The molecule has 0 saturated carbocycles. The maximum absolute atomic E-state index is 13.1. The lowest BCUT2D eigenvalue weighted by molar-refractivity contribution is -0.122. The fourth-order valence-corrected chi connectivity index (χ4v) is 4.14. The number of aromatic nitrogens is 2. The van der Waals surface area contributed by atoms with Crippen LogP contribution in [0.1, 0.15) is 43.2 Å². The molecule has 0 bridgehead atoms. The van der Waals surface area contributed by atoms with Crippen molar-refractivity contribution in [1.29, 1.82) is 0 Å². The van der Waals surface area contributed by atoms with Gasteiger partial charge in [0, 0.05) is 56.2 Å². The van der Waals surface area contributed by atoms with Crippen LogP contribution in [-0.4, -0.2) is 76.6 Å². The zero-order chi connectivity index (χ0) is 22.8. The first-order chi connectivity index (χ1) is 15.3. The summed E-state index contributed by atoms with van der Waals surface area (Å²) in [4.78, 5) is 43.5. The predicted octanol–water partition coefficient (Wildman–Crippen LogP) is 1.99. The highest BCUT2D eigenvalue weighted by molar-refractivity contribution is 5.99. The average Bonchev–Trinajstić information content (AvgIpc) is 3.43. The van der Waals surface area contributed by atoms with Crippen LogP contribution < -0.4 is 10.2 Å². The average molecular weight is 439 g/mol. The Morgan fingerprint density at radius 2 is 1.97 bits per heavy atom. The third-order valence-corrected chi connectivity index (χ3v) is 6.09. The van der Waals surface area contributed by atoms with Gasteiger partial charge in [-0.25, -0.2) is 0 Å². The molecule has 170 valence electrons. The number of hydrogen-bond donors (Lipinski definition) is 1. The van der Waals surface area contributed by atoms with E-state index < -0.39 is 6.04 Å². The quantitative estimate of drug-likeness (QED) is 0.771. The van der Waals surface area contributed by atoms with Gasteiger partial charge in [-0.05, 0) is 51.6 Å². The Balaban J connectivity index is 1.43. The maximum atomic E-state index is 13.1. The number of amides is 3. The van der Waals surface area contributed by atoms with Crippen LogP contribution in [0, 0.1) is 0 Å². The Morgan fingerprint density at radius 3 is 2.66 bits per heavy atom. The molecule has 1 aromatic heterocycles. The van der Waals surface area contributed by atoms with Crippen molar-refractivity contribution in [2.75, 3.05) is 43.4 Å². The summed E-state index contributed by atoms with van der Waals surface area (Å²) in [7, 11) is 1.89. The van der Waals surface area contributed by atoms with Crippen LogP contribution in [0.4, 0.5) is 11.4 Å². The van der Waals surface area contributed by atoms with Crippen LogP contribution >= 0.6 is 0 Å². The summed E-state index contributed by atoms with van der Waals surface area (Å²) >= 11 is 0. The van der Waals surface area contributed by atoms with Crippen molar-refractivity contribution in [3.05, 3.63) is 42.2 Å². The summed E-state index contributed by atoms with van der Waals surface area (Å²) in [5, 5.41) is 7.34. The Bertz CT molecular complexity index is 1020. The minimum Gasteiger partial charge on any atom is -0.334 e. The third kappa shape index (κ3) is 4.52. The Kier molecular flexibility index (Phi) is 6.27. The van der Waals surface area contributed by atoms with Gasteiger partial charge in [-0.3, -0.25) is 24.0 Å². The molecule has 32 heavy (non-hydrogen) atoms. The van der Waals surface area contributed by atoms with Crippen molar-refractivity contribution < 1.29 is 14.4 Å². The fraction of sp³-hybridized carbons (Fsp3) is 0.478. The SMILES string of the molecule is CC(C)n1ccc(C(=O)N2CCN(C)C(C(=O)Nc3cccc(N4CCCC4=O)c3)C2)n1. The molecule has 3 heterocycles. The maximum Gasteiger partial charge on any atom is 0.274 e. The van der Waals surface area contributed by atoms with Crippen molar-refractivity contribution in [3.8, 4) is 0 Å². The molecule has 0 spiro atoms. The van der Waals surface area contributed by atoms with E-state index in [2.05, 4.69) is 10.4 Å². The van der Waals surface area contributed by atoms with Crippen LogP contribution in [-0.2, 0) is 9.59 Å². The summed E-state index contributed by atoms with van der Waals surface area (Å²) in [6, 6.07) is 8.77. The van der Waals surface area contributed by atoms with Crippen LogP contribution in [0.2, 0.25) is 0 Å². The number of anilines is 2. The van der Waals surface area contributed by atoms with Gasteiger partial charge in [0.25, 0.3) is 5.91 Å². The molecule has 9 heteroatoms. The summed E-state index contributed by atoms with van der Waals surface area (Å²) < 4.78 is 1.76. The van der Waals surface area contributed by atoms with E-state index in [-0.39, 0.29) is 23.8 Å². The number of nitrogens with zero attached hydrogens (tertiary/aromatic N) is 5. The van der Waals surface area contributed by atoms with Crippen molar-refractivity contribution >= 4 is 29.1 Å². The third-order valence-electron chi connectivity index (χ3n) is 6.09. The lowest BCUT2D eigenvalue weighted by Crippen LogP contribution is -2.57. The molecule has 2 aromatic rings. The molecule has 0 radical (unpaired) electrons. The van der Waals surface area contributed by atoms with Gasteiger partial charge in [-0.2, -0.15) is 5.10 Å². The first kappa shape index (κ1) is 22.0. The molecule has 1 N–H and O–H groups in total. The lowest BCUT2D eigenvalue weighted by Gasteiger charge is -2.38. The molecule has 9 nitrogen and oxygen atoms in total. The van der Waals surface area contributed by atoms with Gasteiger partial charge in [-0.15, -0.1) is 0 Å². The molecule has 2 aliphatic rings. The number of rotatable bonds is 5. The number of carbonyl (C=O) groups excluding carboxylic acids is 3. The molecule has 1 aromatic carbocycles. The molecule has 2 fully saturated rings. The normalized spacial score (nSPS) is 19.6. The van der Waals surface area contributed by atoms with E-state index in [0.29, 0.717) is 44.0 Å². The number of hydrogen-bond acceptors (Lipinski definition) is 5.